The molecule has 1 saturated heterocycles. The number of β-amino-alcohol motifs (C(OH)–C–C–N with tert-alkyl or cyclic N) is 1. The summed E-state index contributed by atoms with van der Waals surface area (Å²) in [6.45, 7) is 3.50. The Hall–Kier alpha value is -0.960. The van der Waals surface area contributed by atoms with Crippen molar-refractivity contribution in [3.8, 4) is 0 Å². The van der Waals surface area contributed by atoms with Gasteiger partial charge in [0.1, 0.15) is 4.90 Å². The molecule has 18 heavy (non-hydrogen) atoms. The van der Waals surface area contributed by atoms with E-state index in [2.05, 4.69) is 10.2 Å². The van der Waals surface area contributed by atoms with Crippen LogP contribution < -0.4 is 0 Å². The Morgan fingerprint density at radius 3 is 2.56 bits per heavy atom. The topological polar surface area (TPSA) is 95.5 Å². The van der Waals surface area contributed by atoms with Crippen LogP contribution >= 0.6 is 0 Å². The van der Waals surface area contributed by atoms with Gasteiger partial charge in [0, 0.05) is 20.2 Å². The van der Waals surface area contributed by atoms with Crippen LogP contribution in [0.3, 0.4) is 0 Å². The molecule has 0 aliphatic carbocycles. The fourth-order valence-electron chi connectivity index (χ4n) is 2.20. The summed E-state index contributed by atoms with van der Waals surface area (Å²) >= 11 is 0. The zero-order valence-corrected chi connectivity index (χ0v) is 11.4. The molecule has 0 saturated carbocycles. The highest BCUT2D eigenvalue weighted by atomic mass is 32.2. The first-order valence-corrected chi connectivity index (χ1v) is 7.04. The summed E-state index contributed by atoms with van der Waals surface area (Å²) in [6, 6.07) is 0. The van der Waals surface area contributed by atoms with Crippen LogP contribution in [0.5, 0.6) is 0 Å². The van der Waals surface area contributed by atoms with Crippen LogP contribution in [0.1, 0.15) is 11.4 Å². The highest BCUT2D eigenvalue weighted by Gasteiger charge is 2.40. The molecular weight excluding hydrogens is 258 g/mol. The molecule has 2 N–H and O–H groups in total. The normalized spacial score (nSPS) is 25.8. The van der Waals surface area contributed by atoms with E-state index in [9.17, 15) is 13.5 Å². The zero-order valence-electron chi connectivity index (χ0n) is 10.5. The molecule has 2 rings (SSSR count). The summed E-state index contributed by atoms with van der Waals surface area (Å²) in [7, 11) is -2.18. The molecule has 2 heterocycles. The second-order valence-electron chi connectivity index (χ2n) is 4.43. The van der Waals surface area contributed by atoms with Crippen molar-refractivity contribution in [1.82, 2.24) is 14.5 Å². The largest absolute Gasteiger partial charge is 0.389 e. The lowest BCUT2D eigenvalue weighted by Gasteiger charge is -2.15. The van der Waals surface area contributed by atoms with Gasteiger partial charge in [0.25, 0.3) is 0 Å². The Morgan fingerprint density at radius 1 is 1.44 bits per heavy atom. The molecule has 2 atom stereocenters. The van der Waals surface area contributed by atoms with Crippen molar-refractivity contribution in [2.75, 3.05) is 20.2 Å². The van der Waals surface area contributed by atoms with E-state index in [4.69, 9.17) is 4.74 Å². The number of H-pyrrole nitrogens is 1. The van der Waals surface area contributed by atoms with Gasteiger partial charge >= 0.3 is 0 Å². The number of aryl methyl sites for hydroxylation is 2. The van der Waals surface area contributed by atoms with Crippen molar-refractivity contribution in [3.63, 3.8) is 0 Å². The van der Waals surface area contributed by atoms with Gasteiger partial charge in [0.2, 0.25) is 10.0 Å². The van der Waals surface area contributed by atoms with Crippen molar-refractivity contribution in [2.24, 2.45) is 0 Å². The van der Waals surface area contributed by atoms with Gasteiger partial charge in [0.05, 0.1) is 23.6 Å². The number of methoxy groups -OCH3 is 1. The highest BCUT2D eigenvalue weighted by molar-refractivity contribution is 7.89. The number of aromatic nitrogens is 2. The lowest BCUT2D eigenvalue weighted by Crippen LogP contribution is -2.30. The van der Waals surface area contributed by atoms with Crippen LogP contribution in [0.15, 0.2) is 4.90 Å². The smallest absolute Gasteiger partial charge is 0.246 e. The third kappa shape index (κ3) is 2.05. The SMILES string of the molecule is CO[C@H]1CN(S(=O)(=O)c2c(C)n[nH]c2C)C[C@@H]1O. The summed E-state index contributed by atoms with van der Waals surface area (Å²) in [4.78, 5) is 0.187. The number of aliphatic hydroxyl groups is 1. The second-order valence-corrected chi connectivity index (χ2v) is 6.30. The van der Waals surface area contributed by atoms with Gasteiger partial charge in [0.15, 0.2) is 0 Å². The van der Waals surface area contributed by atoms with Gasteiger partial charge in [-0.25, -0.2) is 8.42 Å². The van der Waals surface area contributed by atoms with E-state index in [1.54, 1.807) is 13.8 Å². The Balaban J connectivity index is 2.34. The van der Waals surface area contributed by atoms with Crippen LogP contribution in [-0.2, 0) is 14.8 Å². The number of aliphatic hydroxyl groups excluding tert-OH is 1. The Labute approximate surface area is 106 Å². The number of rotatable bonds is 3. The number of ether oxygens (including phenoxy) is 1. The summed E-state index contributed by atoms with van der Waals surface area (Å²) < 4.78 is 31.2. The van der Waals surface area contributed by atoms with Gasteiger partial charge in [-0.2, -0.15) is 9.40 Å². The third-order valence-corrected chi connectivity index (χ3v) is 5.26. The maximum atomic E-state index is 12.4. The summed E-state index contributed by atoms with van der Waals surface area (Å²) in [5, 5.41) is 16.2. The monoisotopic (exact) mass is 275 g/mol. The van der Waals surface area contributed by atoms with Gasteiger partial charge in [-0.1, -0.05) is 0 Å². The molecule has 7 nitrogen and oxygen atoms in total. The molecule has 102 valence electrons. The maximum absolute atomic E-state index is 12.4. The molecule has 0 radical (unpaired) electrons. The van der Waals surface area contributed by atoms with E-state index in [1.807, 2.05) is 0 Å². The van der Waals surface area contributed by atoms with E-state index in [1.165, 1.54) is 11.4 Å². The minimum absolute atomic E-state index is 0.0465. The average molecular weight is 275 g/mol. The van der Waals surface area contributed by atoms with Crippen LogP contribution in [0, 0.1) is 13.8 Å². The van der Waals surface area contributed by atoms with Crippen LogP contribution in [-0.4, -0.2) is 60.4 Å². The number of hydrogen-bond donors (Lipinski definition) is 2. The van der Waals surface area contributed by atoms with Crippen LogP contribution in [0.2, 0.25) is 0 Å². The van der Waals surface area contributed by atoms with Crippen molar-refractivity contribution >= 4 is 10.0 Å². The molecule has 1 aliphatic rings. The standard InChI is InChI=1S/C10H17N3O4S/c1-6-10(7(2)12-11-6)18(15,16)13-4-8(14)9(5-13)17-3/h8-9,14H,4-5H2,1-3H3,(H,11,12)/t8-,9-/m0/s1. The predicted octanol–water partition coefficient (Wildman–Crippen LogP) is -0.593. The maximum Gasteiger partial charge on any atom is 0.246 e. The average Bonchev–Trinajstić information content (AvgIpc) is 2.83. The lowest BCUT2D eigenvalue weighted by molar-refractivity contribution is 0.0216. The lowest BCUT2D eigenvalue weighted by atomic mass is 10.3. The van der Waals surface area contributed by atoms with Crippen molar-refractivity contribution < 1.29 is 18.3 Å². The van der Waals surface area contributed by atoms with E-state index in [0.29, 0.717) is 11.4 Å². The molecule has 1 aromatic heterocycles. The van der Waals surface area contributed by atoms with E-state index in [-0.39, 0.29) is 18.0 Å². The predicted molar refractivity (Wildman–Crippen MR) is 63.6 cm³/mol. The molecule has 0 unspecified atom stereocenters. The van der Waals surface area contributed by atoms with Crippen molar-refractivity contribution in [3.05, 3.63) is 11.4 Å². The number of aromatic amines is 1. The molecule has 8 heteroatoms. The minimum Gasteiger partial charge on any atom is -0.389 e. The number of hydrogen-bond acceptors (Lipinski definition) is 5. The van der Waals surface area contributed by atoms with Gasteiger partial charge in [-0.15, -0.1) is 0 Å². The van der Waals surface area contributed by atoms with E-state index < -0.39 is 22.2 Å². The van der Waals surface area contributed by atoms with Crippen molar-refractivity contribution in [2.45, 2.75) is 31.0 Å². The first kappa shape index (κ1) is 13.5. The molecule has 1 aliphatic heterocycles. The molecule has 0 aromatic carbocycles. The first-order chi connectivity index (χ1) is 8.37. The molecule has 0 spiro atoms. The number of nitrogens with zero attached hydrogens (tertiary/aromatic N) is 2. The minimum atomic E-state index is -3.63. The van der Waals surface area contributed by atoms with Gasteiger partial charge in [-0.05, 0) is 13.8 Å². The van der Waals surface area contributed by atoms with Crippen LogP contribution in [0.4, 0.5) is 0 Å². The number of nitrogens with one attached hydrogen (secondary N) is 1. The molecule has 1 fully saturated rings. The van der Waals surface area contributed by atoms with E-state index >= 15 is 0 Å². The molecule has 0 amide bonds. The molecular formula is C10H17N3O4S. The molecule has 1 aromatic rings. The van der Waals surface area contributed by atoms with Gasteiger partial charge in [-0.3, -0.25) is 5.10 Å². The summed E-state index contributed by atoms with van der Waals surface area (Å²) in [5.41, 5.74) is 0.936. The van der Waals surface area contributed by atoms with Crippen LogP contribution in [0.25, 0.3) is 0 Å². The Kier molecular flexibility index (Phi) is 3.45. The van der Waals surface area contributed by atoms with Gasteiger partial charge < -0.3 is 9.84 Å². The zero-order chi connectivity index (χ0) is 13.5. The fourth-order valence-corrected chi connectivity index (χ4v) is 4.00. The third-order valence-electron chi connectivity index (χ3n) is 3.16. The first-order valence-electron chi connectivity index (χ1n) is 5.60. The summed E-state index contributed by atoms with van der Waals surface area (Å²) in [5.74, 6) is 0. The summed E-state index contributed by atoms with van der Waals surface area (Å²) in [6.07, 6.45) is -1.27. The van der Waals surface area contributed by atoms with Crippen molar-refractivity contribution in [1.29, 1.82) is 0 Å². The Morgan fingerprint density at radius 2 is 2.11 bits per heavy atom. The van der Waals surface area contributed by atoms with E-state index in [0.717, 1.165) is 0 Å². The Bertz CT molecular complexity index is 520. The quantitative estimate of drug-likeness (QED) is 0.768. The number of sulfonamides is 1. The second kappa shape index (κ2) is 4.61. The highest BCUT2D eigenvalue weighted by Crippen LogP contribution is 2.25. The fraction of sp³-hybridized carbons (Fsp3) is 0.700. The molecule has 0 bridgehead atoms.